The Labute approximate surface area is 176 Å². The first-order chi connectivity index (χ1) is 13.7. The number of carbonyl (C=O) groups is 1. The number of hydrogen-bond acceptors (Lipinski definition) is 3. The van der Waals surface area contributed by atoms with Gasteiger partial charge in [-0.15, -0.1) is 0 Å². The third kappa shape index (κ3) is 4.85. The lowest BCUT2D eigenvalue weighted by molar-refractivity contribution is -0.137. The van der Waals surface area contributed by atoms with E-state index in [2.05, 4.69) is 0 Å². The predicted molar refractivity (Wildman–Crippen MR) is 116 cm³/mol. The monoisotopic (exact) mass is 420 g/mol. The Morgan fingerprint density at radius 2 is 1.45 bits per heavy atom. The summed E-state index contributed by atoms with van der Waals surface area (Å²) >= 11 is 0. The second-order valence-corrected chi connectivity index (χ2v) is 10.9. The molecule has 1 aliphatic carbocycles. The number of hydrogen-bond donors (Lipinski definition) is 0. The molecule has 0 atom stereocenters. The molecule has 29 heavy (non-hydrogen) atoms. The van der Waals surface area contributed by atoms with Crippen LogP contribution in [0.25, 0.3) is 0 Å². The molecule has 5 nitrogen and oxygen atoms in total. The second-order valence-electron chi connectivity index (χ2n) is 9.00. The lowest BCUT2D eigenvalue weighted by Gasteiger charge is -2.35. The summed E-state index contributed by atoms with van der Waals surface area (Å²) < 4.78 is 28.1. The molecule has 3 rings (SSSR count). The van der Waals surface area contributed by atoms with E-state index < -0.39 is 10.0 Å². The molecule has 1 amide bonds. The van der Waals surface area contributed by atoms with Crippen LogP contribution < -0.4 is 0 Å². The Morgan fingerprint density at radius 1 is 0.931 bits per heavy atom. The van der Waals surface area contributed by atoms with Crippen LogP contribution in [-0.4, -0.2) is 49.7 Å². The van der Waals surface area contributed by atoms with E-state index in [-0.39, 0.29) is 11.8 Å². The highest BCUT2D eigenvalue weighted by Gasteiger charge is 2.35. The SMILES string of the molecule is Cc1cc(C)c(S(=O)(=O)N2CCC(C(=O)N(C)C3CCCCCC3)CC2)c(C)c1. The van der Waals surface area contributed by atoms with Gasteiger partial charge in [0.2, 0.25) is 15.9 Å². The van der Waals surface area contributed by atoms with E-state index in [9.17, 15) is 13.2 Å². The number of benzene rings is 1. The fraction of sp³-hybridized carbons (Fsp3) is 0.696. The average Bonchev–Trinajstić information content (AvgIpc) is 2.95. The largest absolute Gasteiger partial charge is 0.343 e. The molecule has 0 unspecified atom stereocenters. The van der Waals surface area contributed by atoms with Crippen molar-refractivity contribution in [1.82, 2.24) is 9.21 Å². The lowest BCUT2D eigenvalue weighted by Crippen LogP contribution is -2.46. The van der Waals surface area contributed by atoms with Crippen LogP contribution in [0, 0.1) is 26.7 Å². The van der Waals surface area contributed by atoms with Gasteiger partial charge in [-0.05, 0) is 57.6 Å². The van der Waals surface area contributed by atoms with Gasteiger partial charge in [-0.2, -0.15) is 4.31 Å². The summed E-state index contributed by atoms with van der Waals surface area (Å²) in [6, 6.07) is 4.21. The normalized spacial score (nSPS) is 20.4. The molecule has 0 bridgehead atoms. The molecule has 2 fully saturated rings. The van der Waals surface area contributed by atoms with Crippen LogP contribution in [0.1, 0.15) is 68.1 Å². The zero-order valence-electron chi connectivity index (χ0n) is 18.4. The fourth-order valence-electron chi connectivity index (χ4n) is 5.16. The van der Waals surface area contributed by atoms with Gasteiger partial charge in [0.15, 0.2) is 0 Å². The van der Waals surface area contributed by atoms with Gasteiger partial charge in [0, 0.05) is 32.1 Å². The number of aryl methyl sites for hydroxylation is 3. The molecule has 0 N–H and O–H groups in total. The fourth-order valence-corrected chi connectivity index (χ4v) is 7.04. The maximum absolute atomic E-state index is 13.3. The molecule has 0 aromatic heterocycles. The van der Waals surface area contributed by atoms with Crippen LogP contribution in [0.15, 0.2) is 17.0 Å². The summed E-state index contributed by atoms with van der Waals surface area (Å²) in [7, 11) is -1.58. The summed E-state index contributed by atoms with van der Waals surface area (Å²) in [5.74, 6) is 0.145. The molecule has 6 heteroatoms. The van der Waals surface area contributed by atoms with Crippen LogP contribution in [0.3, 0.4) is 0 Å². The Hall–Kier alpha value is -1.40. The van der Waals surface area contributed by atoms with Crippen molar-refractivity contribution in [2.24, 2.45) is 5.92 Å². The summed E-state index contributed by atoms with van der Waals surface area (Å²) in [6.45, 7) is 6.56. The van der Waals surface area contributed by atoms with Crippen LogP contribution in [0.4, 0.5) is 0 Å². The molecule has 1 saturated carbocycles. The van der Waals surface area contributed by atoms with Crippen LogP contribution in [-0.2, 0) is 14.8 Å². The van der Waals surface area contributed by atoms with Gasteiger partial charge in [-0.3, -0.25) is 4.79 Å². The lowest BCUT2D eigenvalue weighted by atomic mass is 9.95. The number of amides is 1. The van der Waals surface area contributed by atoms with Crippen LogP contribution in [0.2, 0.25) is 0 Å². The summed E-state index contributed by atoms with van der Waals surface area (Å²) in [4.78, 5) is 15.4. The van der Waals surface area contributed by atoms with E-state index in [0.717, 1.165) is 29.5 Å². The van der Waals surface area contributed by atoms with E-state index >= 15 is 0 Å². The Morgan fingerprint density at radius 3 is 1.97 bits per heavy atom. The molecule has 1 aromatic carbocycles. The van der Waals surface area contributed by atoms with Crippen LogP contribution in [0.5, 0.6) is 0 Å². The first-order valence-corrected chi connectivity index (χ1v) is 12.5. The number of sulfonamides is 1. The molecular weight excluding hydrogens is 384 g/mol. The molecule has 0 radical (unpaired) electrons. The number of nitrogens with zero attached hydrogens (tertiary/aromatic N) is 2. The van der Waals surface area contributed by atoms with Gasteiger partial charge < -0.3 is 4.90 Å². The van der Waals surface area contributed by atoms with Crippen molar-refractivity contribution < 1.29 is 13.2 Å². The topological polar surface area (TPSA) is 57.7 Å². The van der Waals surface area contributed by atoms with Gasteiger partial charge in [0.05, 0.1) is 4.90 Å². The number of carbonyl (C=O) groups excluding carboxylic acids is 1. The molecule has 1 heterocycles. The Balaban J connectivity index is 1.66. The maximum atomic E-state index is 13.3. The van der Waals surface area contributed by atoms with Crippen molar-refractivity contribution in [3.8, 4) is 0 Å². The highest BCUT2D eigenvalue weighted by molar-refractivity contribution is 7.89. The van der Waals surface area contributed by atoms with Crippen LogP contribution >= 0.6 is 0 Å². The second kappa shape index (κ2) is 9.17. The Bertz CT molecular complexity index is 811. The minimum atomic E-state index is -3.53. The van der Waals surface area contributed by atoms with Gasteiger partial charge in [0.25, 0.3) is 0 Å². The maximum Gasteiger partial charge on any atom is 0.243 e. The van der Waals surface area contributed by atoms with E-state index in [1.165, 1.54) is 25.7 Å². The number of rotatable bonds is 4. The highest BCUT2D eigenvalue weighted by atomic mass is 32.2. The van der Waals surface area contributed by atoms with Crippen molar-refractivity contribution in [3.05, 3.63) is 28.8 Å². The smallest absolute Gasteiger partial charge is 0.243 e. The van der Waals surface area contributed by atoms with Gasteiger partial charge in [-0.1, -0.05) is 43.4 Å². The minimum absolute atomic E-state index is 0.0603. The van der Waals surface area contributed by atoms with Crippen molar-refractivity contribution >= 4 is 15.9 Å². The molecule has 1 aliphatic heterocycles. The summed E-state index contributed by atoms with van der Waals surface area (Å²) in [5, 5.41) is 0. The van der Waals surface area contributed by atoms with E-state index in [0.29, 0.717) is 36.9 Å². The third-order valence-electron chi connectivity index (χ3n) is 6.73. The zero-order valence-corrected chi connectivity index (χ0v) is 19.2. The van der Waals surface area contributed by atoms with Gasteiger partial charge in [0.1, 0.15) is 0 Å². The molecule has 1 aromatic rings. The quantitative estimate of drug-likeness (QED) is 0.686. The Kier molecular flexibility index (Phi) is 7.05. The first kappa shape index (κ1) is 22.3. The molecule has 0 spiro atoms. The van der Waals surface area contributed by atoms with Crippen molar-refractivity contribution in [1.29, 1.82) is 0 Å². The zero-order chi connectivity index (χ0) is 21.2. The summed E-state index contributed by atoms with van der Waals surface area (Å²) in [5.41, 5.74) is 2.67. The number of piperidine rings is 1. The van der Waals surface area contributed by atoms with E-state index in [4.69, 9.17) is 0 Å². The van der Waals surface area contributed by atoms with E-state index in [1.807, 2.05) is 44.9 Å². The van der Waals surface area contributed by atoms with Crippen molar-refractivity contribution in [3.63, 3.8) is 0 Å². The molecular formula is C23H36N2O3S. The molecule has 1 saturated heterocycles. The standard InChI is InChI=1S/C23H36N2O3S/c1-17-15-18(2)22(19(3)16-17)29(27,28)25-13-11-20(12-14-25)23(26)24(4)21-9-7-5-6-8-10-21/h15-16,20-21H,5-14H2,1-4H3. The first-order valence-electron chi connectivity index (χ1n) is 11.1. The minimum Gasteiger partial charge on any atom is -0.343 e. The average molecular weight is 421 g/mol. The molecule has 2 aliphatic rings. The summed E-state index contributed by atoms with van der Waals surface area (Å²) in [6.07, 6.45) is 8.36. The van der Waals surface area contributed by atoms with Gasteiger partial charge >= 0.3 is 0 Å². The van der Waals surface area contributed by atoms with E-state index in [1.54, 1.807) is 4.31 Å². The predicted octanol–water partition coefficient (Wildman–Crippen LogP) is 4.19. The highest BCUT2D eigenvalue weighted by Crippen LogP contribution is 2.30. The van der Waals surface area contributed by atoms with Crippen molar-refractivity contribution in [2.75, 3.05) is 20.1 Å². The molecule has 162 valence electrons. The van der Waals surface area contributed by atoms with Gasteiger partial charge in [-0.25, -0.2) is 8.42 Å². The third-order valence-corrected chi connectivity index (χ3v) is 8.93. The van der Waals surface area contributed by atoms with Crippen molar-refractivity contribution in [2.45, 2.75) is 83.1 Å².